The van der Waals surface area contributed by atoms with Gasteiger partial charge in [0.15, 0.2) is 24.6 Å². The van der Waals surface area contributed by atoms with Gasteiger partial charge in [0.25, 0.3) is 17.7 Å². The number of morpholine rings is 1. The summed E-state index contributed by atoms with van der Waals surface area (Å²) in [4.78, 5) is 139. The maximum atomic E-state index is 14.8. The van der Waals surface area contributed by atoms with Gasteiger partial charge in [-0.15, -0.1) is 0 Å². The number of anilines is 1. The van der Waals surface area contributed by atoms with Gasteiger partial charge in [0.1, 0.15) is 47.6 Å². The summed E-state index contributed by atoms with van der Waals surface area (Å²) in [5.41, 5.74) is 2.29. The van der Waals surface area contributed by atoms with Crippen LogP contribution in [0.3, 0.4) is 0 Å². The summed E-state index contributed by atoms with van der Waals surface area (Å²) < 4.78 is 42.0. The molecule has 0 unspecified atom stereocenters. The molecule has 5 aliphatic heterocycles. The molecular formula is C64H79N9O20. The van der Waals surface area contributed by atoms with Gasteiger partial charge < -0.3 is 85.3 Å². The normalized spacial score (nSPS) is 24.7. The molecule has 4 fully saturated rings. The Morgan fingerprint density at radius 2 is 1.53 bits per heavy atom. The molecule has 0 saturated carbocycles. The number of rotatable bonds is 23. The number of hydrogen-bond donors (Lipinski definition) is 8. The number of primary amides is 1. The monoisotopic (exact) mass is 1290 g/mol. The average molecular weight is 1290 g/mol. The van der Waals surface area contributed by atoms with Gasteiger partial charge >= 0.3 is 12.1 Å². The first-order chi connectivity index (χ1) is 44.5. The molecule has 3 aromatic rings. The standard InChI is InChI=1S/C64H79N9O20/c1-33(2)51(69-43(74)14-7-6-8-22-73-44(75)19-20-45(73)76)58(82)68-39(12-10-21-66-62(65)84)57(81)67-36-17-15-35(16-18-36)32-90-63(85)71-25-23-70(24-26-71)61(83)64(86)30-38-48(55(80)50-49(53(38)78)52(77)37-11-9-13-41(87-4)47(37)54(50)79)42(31-64)92-46-29-40-56(34(3)91-46)93-59-60(88-5)89-28-27-72(40)59/h9,11,13,15-20,33-34,39-40,42,46,51,56,59-60,78,80,86H,6-8,10,12,14,21-32H2,1-5H3,(H,67,81)(H,68,82)(H,69,74)(H3,65,66,84)/t34-,39-,40-,42-,46-,51-,56+,59+,60-,64-/m0/s1. The zero-order valence-electron chi connectivity index (χ0n) is 52.3. The molecule has 0 spiro atoms. The van der Waals surface area contributed by atoms with Gasteiger partial charge in [-0.2, -0.15) is 0 Å². The van der Waals surface area contributed by atoms with Crippen LogP contribution in [0.15, 0.2) is 54.6 Å². The van der Waals surface area contributed by atoms with Crippen molar-refractivity contribution >= 4 is 64.8 Å². The number of nitrogens with zero attached hydrogens (tertiary/aromatic N) is 4. The van der Waals surface area contributed by atoms with Crippen molar-refractivity contribution < 1.29 is 96.4 Å². The van der Waals surface area contributed by atoms with E-state index in [0.717, 1.165) is 4.90 Å². The van der Waals surface area contributed by atoms with Crippen molar-refractivity contribution in [2.45, 2.75) is 146 Å². The van der Waals surface area contributed by atoms with Crippen LogP contribution in [0.4, 0.5) is 15.3 Å². The topological polar surface area (TPSA) is 383 Å². The van der Waals surface area contributed by atoms with Gasteiger partial charge in [-0.05, 0) is 62.3 Å². The average Bonchev–Trinajstić information content (AvgIpc) is 1.39. The number of ketones is 2. The summed E-state index contributed by atoms with van der Waals surface area (Å²) in [6, 6.07) is 7.61. The number of carbonyl (C=O) groups excluding carboxylic acids is 10. The van der Waals surface area contributed by atoms with E-state index >= 15 is 0 Å². The Kier molecular flexibility index (Phi) is 20.8. The summed E-state index contributed by atoms with van der Waals surface area (Å²) in [5.74, 6) is -6.44. The number of piperazine rings is 1. The van der Waals surface area contributed by atoms with Crippen molar-refractivity contribution in [3.63, 3.8) is 0 Å². The number of hydrogen-bond acceptors (Lipinski definition) is 21. The fourth-order valence-corrected chi connectivity index (χ4v) is 13.2. The van der Waals surface area contributed by atoms with Crippen LogP contribution < -0.4 is 31.7 Å². The molecule has 10 rings (SSSR count). The van der Waals surface area contributed by atoms with Gasteiger partial charge in [0, 0.05) is 119 Å². The highest BCUT2D eigenvalue weighted by atomic mass is 16.7. The van der Waals surface area contributed by atoms with E-state index in [0.29, 0.717) is 43.7 Å². The fourth-order valence-electron chi connectivity index (χ4n) is 13.2. The number of phenolic OH excluding ortho intramolecular Hbond substituents is 2. The van der Waals surface area contributed by atoms with Crippen LogP contribution >= 0.6 is 0 Å². The number of unbranched alkanes of at least 4 members (excludes halogenated alkanes) is 2. The molecule has 2 aliphatic carbocycles. The van der Waals surface area contributed by atoms with Crippen molar-refractivity contribution in [3.8, 4) is 17.2 Å². The van der Waals surface area contributed by atoms with Crippen molar-refractivity contribution in [2.75, 3.05) is 72.0 Å². The van der Waals surface area contributed by atoms with Gasteiger partial charge in [-0.1, -0.05) is 44.5 Å². The van der Waals surface area contributed by atoms with Crippen molar-refractivity contribution in [1.29, 1.82) is 0 Å². The second-order valence-electron chi connectivity index (χ2n) is 24.5. The zero-order chi connectivity index (χ0) is 66.6. The number of benzene rings is 3. The molecule has 4 saturated heterocycles. The lowest BCUT2D eigenvalue weighted by molar-refractivity contribution is -0.256. The lowest BCUT2D eigenvalue weighted by Crippen LogP contribution is -2.59. The van der Waals surface area contributed by atoms with Crippen LogP contribution in [0.2, 0.25) is 0 Å². The van der Waals surface area contributed by atoms with E-state index in [1.165, 1.54) is 54.4 Å². The van der Waals surface area contributed by atoms with E-state index in [2.05, 4.69) is 26.2 Å². The second kappa shape index (κ2) is 28.7. The molecule has 0 radical (unpaired) electrons. The maximum absolute atomic E-state index is 14.8. The predicted molar refractivity (Wildman–Crippen MR) is 325 cm³/mol. The van der Waals surface area contributed by atoms with E-state index < -0.39 is 138 Å². The third kappa shape index (κ3) is 14.3. The third-order valence-corrected chi connectivity index (χ3v) is 18.0. The Labute approximate surface area is 535 Å². The number of ether oxygens (including phenoxy) is 7. The highest BCUT2D eigenvalue weighted by Crippen LogP contribution is 2.53. The Morgan fingerprint density at radius 3 is 2.22 bits per heavy atom. The fraction of sp³-hybridized carbons (Fsp3) is 0.531. The van der Waals surface area contributed by atoms with Crippen molar-refractivity contribution in [3.05, 3.63) is 93.6 Å². The number of urea groups is 1. The number of amides is 9. The smallest absolute Gasteiger partial charge is 0.410 e. The summed E-state index contributed by atoms with van der Waals surface area (Å²) in [7, 11) is 2.85. The van der Waals surface area contributed by atoms with Crippen LogP contribution in [0.25, 0.3) is 0 Å². The predicted octanol–water partition coefficient (Wildman–Crippen LogP) is 2.13. The Morgan fingerprint density at radius 1 is 0.817 bits per heavy atom. The minimum atomic E-state index is -2.34. The molecule has 9 amide bonds. The quantitative estimate of drug-likeness (QED) is 0.0299. The first kappa shape index (κ1) is 67.3. The molecular weight excluding hydrogens is 1210 g/mol. The number of aromatic hydroxyl groups is 2. The Bertz CT molecular complexity index is 3430. The Balaban J connectivity index is 0.758. The van der Waals surface area contributed by atoms with Crippen LogP contribution in [-0.4, -0.2) is 215 Å². The highest BCUT2D eigenvalue weighted by Gasteiger charge is 2.56. The van der Waals surface area contributed by atoms with Crippen LogP contribution in [0, 0.1) is 5.92 Å². The second-order valence-corrected chi connectivity index (χ2v) is 24.5. The number of imide groups is 1. The summed E-state index contributed by atoms with van der Waals surface area (Å²) in [6.45, 7) is 6.17. The number of fused-ring (bicyclic) bond motifs is 6. The van der Waals surface area contributed by atoms with Gasteiger partial charge in [-0.3, -0.25) is 48.2 Å². The molecule has 0 aromatic heterocycles. The Hall–Kier alpha value is -8.58. The maximum Gasteiger partial charge on any atom is 0.410 e. The summed E-state index contributed by atoms with van der Waals surface area (Å²) in [5, 5.41) is 47.9. The molecule has 29 heteroatoms. The van der Waals surface area contributed by atoms with Gasteiger partial charge in [0.2, 0.25) is 23.5 Å². The van der Waals surface area contributed by atoms with E-state index in [1.807, 2.05) is 6.92 Å². The van der Waals surface area contributed by atoms with Crippen LogP contribution in [-0.2, 0) is 70.2 Å². The van der Waals surface area contributed by atoms with E-state index in [4.69, 9.17) is 38.9 Å². The number of methoxy groups -OCH3 is 2. The molecule has 7 aliphatic rings. The summed E-state index contributed by atoms with van der Waals surface area (Å²) >= 11 is 0. The van der Waals surface area contributed by atoms with Crippen LogP contribution in [0.5, 0.6) is 17.2 Å². The molecule has 0 bridgehead atoms. The summed E-state index contributed by atoms with van der Waals surface area (Å²) in [6.07, 6.45) is -1.91. The number of aliphatic hydroxyl groups is 1. The number of phenols is 2. The van der Waals surface area contributed by atoms with E-state index in [-0.39, 0.29) is 123 Å². The molecule has 29 nitrogen and oxygen atoms in total. The number of carbonyl (C=O) groups is 10. The number of nitrogens with two attached hydrogens (primary N) is 1. The molecule has 10 atom stereocenters. The van der Waals surface area contributed by atoms with E-state index in [9.17, 15) is 63.3 Å². The first-order valence-corrected chi connectivity index (χ1v) is 31.2. The molecule has 93 heavy (non-hydrogen) atoms. The third-order valence-electron chi connectivity index (χ3n) is 18.0. The number of nitrogens with one attached hydrogen (secondary N) is 4. The van der Waals surface area contributed by atoms with Gasteiger partial charge in [-0.25, -0.2) is 9.59 Å². The molecule has 500 valence electrons. The molecule has 9 N–H and O–H groups in total. The highest BCUT2D eigenvalue weighted by molar-refractivity contribution is 6.31. The SMILES string of the molecule is COc1cccc2c1C(=O)c1c(O)c3c(c(O)c1C2=O)C[C@@](O)(C(=O)N1CCN(C(=O)OCc2ccc(NC(=O)[C@H](CCCNC(N)=O)NC(=O)[C@@H](NC(=O)CCCCCN4C(=O)C=CC4=O)C(C)C)cc2)CC1)C[C@@H]3O[C@H]1C[C@H]2[C@H](O[C@@H]3[C@@H](OC)OCCN32)[C@H](C)O1. The van der Waals surface area contributed by atoms with Crippen molar-refractivity contribution in [2.24, 2.45) is 11.7 Å². The van der Waals surface area contributed by atoms with Crippen LogP contribution in [0.1, 0.15) is 127 Å². The minimum Gasteiger partial charge on any atom is -0.507 e. The largest absolute Gasteiger partial charge is 0.507 e. The van der Waals surface area contributed by atoms with Crippen molar-refractivity contribution in [1.82, 2.24) is 35.6 Å². The molecule has 3 aromatic carbocycles. The zero-order valence-corrected chi connectivity index (χ0v) is 52.3. The first-order valence-electron chi connectivity index (χ1n) is 31.2. The lowest BCUT2D eigenvalue weighted by Gasteiger charge is -2.45. The molecule has 5 heterocycles. The lowest BCUT2D eigenvalue weighted by atomic mass is 9.72. The van der Waals surface area contributed by atoms with E-state index in [1.54, 1.807) is 38.1 Å². The van der Waals surface area contributed by atoms with Gasteiger partial charge in [0.05, 0.1) is 42.6 Å². The minimum absolute atomic E-state index is 0.0141.